The van der Waals surface area contributed by atoms with Gasteiger partial charge < -0.3 is 14.7 Å². The van der Waals surface area contributed by atoms with Crippen LogP contribution in [0.5, 0.6) is 0 Å². The number of hydrogen-bond donors (Lipinski definition) is 1. The van der Waals surface area contributed by atoms with Crippen molar-refractivity contribution in [2.75, 3.05) is 19.4 Å². The van der Waals surface area contributed by atoms with Crippen LogP contribution in [0.2, 0.25) is 0 Å². The molecule has 1 N–H and O–H groups in total. The third kappa shape index (κ3) is 3.68. The van der Waals surface area contributed by atoms with Gasteiger partial charge in [-0.3, -0.25) is 4.79 Å². The Morgan fingerprint density at radius 1 is 1.12 bits per heavy atom. The molecule has 128 valence electrons. The molecule has 0 aliphatic heterocycles. The third-order valence-corrected chi connectivity index (χ3v) is 3.85. The molecule has 0 saturated heterocycles. The molecule has 0 bridgehead atoms. The lowest BCUT2D eigenvalue weighted by molar-refractivity contribution is 0.0828. The Labute approximate surface area is 146 Å². The van der Waals surface area contributed by atoms with Gasteiger partial charge in [0.1, 0.15) is 0 Å². The molecule has 3 rings (SSSR count). The Hall–Kier alpha value is -3.15. The quantitative estimate of drug-likeness (QED) is 0.773. The van der Waals surface area contributed by atoms with Gasteiger partial charge in [0.25, 0.3) is 5.91 Å². The topological polar surface area (TPSA) is 71.3 Å². The van der Waals surface area contributed by atoms with Crippen molar-refractivity contribution in [2.24, 2.45) is 0 Å². The van der Waals surface area contributed by atoms with E-state index in [1.807, 2.05) is 49.4 Å². The van der Waals surface area contributed by atoms with Crippen LogP contribution in [0.3, 0.4) is 0 Å². The van der Waals surface area contributed by atoms with E-state index in [4.69, 9.17) is 4.52 Å². The number of benzene rings is 2. The first kappa shape index (κ1) is 16.7. The average molecular weight is 336 g/mol. The van der Waals surface area contributed by atoms with Gasteiger partial charge >= 0.3 is 0 Å². The Morgan fingerprint density at radius 3 is 2.60 bits per heavy atom. The van der Waals surface area contributed by atoms with E-state index in [0.29, 0.717) is 23.8 Å². The summed E-state index contributed by atoms with van der Waals surface area (Å²) in [6, 6.07) is 15.2. The molecule has 1 heterocycles. The van der Waals surface area contributed by atoms with E-state index in [9.17, 15) is 4.79 Å². The zero-order valence-electron chi connectivity index (χ0n) is 14.5. The van der Waals surface area contributed by atoms with Gasteiger partial charge in [0, 0.05) is 25.3 Å². The summed E-state index contributed by atoms with van der Waals surface area (Å²) in [6.07, 6.45) is 0. The lowest BCUT2D eigenvalue weighted by Crippen LogP contribution is -2.22. The van der Waals surface area contributed by atoms with Crippen LogP contribution in [0, 0.1) is 6.92 Å². The molecule has 6 nitrogen and oxygen atoms in total. The molecule has 1 amide bonds. The molecular formula is C19H20N4O2. The zero-order valence-corrected chi connectivity index (χ0v) is 14.5. The lowest BCUT2D eigenvalue weighted by Gasteiger charge is -2.14. The van der Waals surface area contributed by atoms with Crippen LogP contribution in [0.1, 0.15) is 21.8 Å². The summed E-state index contributed by atoms with van der Waals surface area (Å²) in [4.78, 5) is 18.2. The molecule has 1 aromatic heterocycles. The standard InChI is InChI=1S/C19H20N4O2/c1-13-8-4-5-9-14(13)18-21-17(25-22-18)12-20-16-11-7-6-10-15(16)19(24)23(2)3/h4-11,20H,12H2,1-3H3. The highest BCUT2D eigenvalue weighted by Gasteiger charge is 2.14. The fourth-order valence-corrected chi connectivity index (χ4v) is 2.50. The largest absolute Gasteiger partial charge is 0.375 e. The van der Waals surface area contributed by atoms with E-state index < -0.39 is 0 Å². The summed E-state index contributed by atoms with van der Waals surface area (Å²) < 4.78 is 5.32. The Kier molecular flexibility index (Phi) is 4.79. The molecule has 0 aliphatic rings. The molecular weight excluding hydrogens is 316 g/mol. The van der Waals surface area contributed by atoms with Crippen molar-refractivity contribution >= 4 is 11.6 Å². The summed E-state index contributed by atoms with van der Waals surface area (Å²) in [5.41, 5.74) is 3.37. The number of para-hydroxylation sites is 1. The number of nitrogens with one attached hydrogen (secondary N) is 1. The lowest BCUT2D eigenvalue weighted by atomic mass is 10.1. The highest BCUT2D eigenvalue weighted by molar-refractivity contribution is 5.99. The molecule has 3 aromatic rings. The van der Waals surface area contributed by atoms with Gasteiger partial charge in [-0.1, -0.05) is 41.6 Å². The molecule has 0 aliphatic carbocycles. The van der Waals surface area contributed by atoms with Crippen molar-refractivity contribution in [3.63, 3.8) is 0 Å². The normalized spacial score (nSPS) is 10.5. The second-order valence-electron chi connectivity index (χ2n) is 5.93. The van der Waals surface area contributed by atoms with E-state index in [1.165, 1.54) is 0 Å². The first-order chi connectivity index (χ1) is 12.1. The van der Waals surface area contributed by atoms with Crippen molar-refractivity contribution in [3.8, 4) is 11.4 Å². The number of carbonyl (C=O) groups excluding carboxylic acids is 1. The van der Waals surface area contributed by atoms with Crippen LogP contribution in [-0.2, 0) is 6.54 Å². The van der Waals surface area contributed by atoms with E-state index in [2.05, 4.69) is 15.5 Å². The summed E-state index contributed by atoms with van der Waals surface area (Å²) in [5.74, 6) is 0.965. The van der Waals surface area contributed by atoms with Crippen molar-refractivity contribution in [1.82, 2.24) is 15.0 Å². The van der Waals surface area contributed by atoms with Gasteiger partial charge in [0.05, 0.1) is 12.1 Å². The second kappa shape index (κ2) is 7.17. The summed E-state index contributed by atoms with van der Waals surface area (Å²) in [5, 5.41) is 7.25. The minimum Gasteiger partial charge on any atom is -0.375 e. The second-order valence-corrected chi connectivity index (χ2v) is 5.93. The maximum Gasteiger partial charge on any atom is 0.255 e. The summed E-state index contributed by atoms with van der Waals surface area (Å²) >= 11 is 0. The maximum absolute atomic E-state index is 12.2. The van der Waals surface area contributed by atoms with Crippen LogP contribution in [0.15, 0.2) is 53.1 Å². The van der Waals surface area contributed by atoms with Crippen LogP contribution in [0.4, 0.5) is 5.69 Å². The van der Waals surface area contributed by atoms with Crippen molar-refractivity contribution in [2.45, 2.75) is 13.5 Å². The summed E-state index contributed by atoms with van der Waals surface area (Å²) in [6.45, 7) is 2.35. The number of rotatable bonds is 5. The average Bonchev–Trinajstić information content (AvgIpc) is 3.08. The predicted octanol–water partition coefficient (Wildman–Crippen LogP) is 3.36. The molecule has 0 unspecified atom stereocenters. The number of hydrogen-bond acceptors (Lipinski definition) is 5. The van der Waals surface area contributed by atoms with Crippen LogP contribution >= 0.6 is 0 Å². The third-order valence-electron chi connectivity index (χ3n) is 3.85. The van der Waals surface area contributed by atoms with Crippen LogP contribution < -0.4 is 5.32 Å². The monoisotopic (exact) mass is 336 g/mol. The molecule has 2 aromatic carbocycles. The smallest absolute Gasteiger partial charge is 0.255 e. The number of carbonyl (C=O) groups is 1. The van der Waals surface area contributed by atoms with Gasteiger partial charge in [-0.25, -0.2) is 0 Å². The van der Waals surface area contributed by atoms with Gasteiger partial charge in [0.15, 0.2) is 0 Å². The van der Waals surface area contributed by atoms with E-state index in [0.717, 1.165) is 16.8 Å². The maximum atomic E-state index is 12.2. The number of aromatic nitrogens is 2. The van der Waals surface area contributed by atoms with E-state index in [-0.39, 0.29) is 5.91 Å². The number of aryl methyl sites for hydroxylation is 1. The molecule has 0 atom stereocenters. The first-order valence-corrected chi connectivity index (χ1v) is 7.99. The van der Waals surface area contributed by atoms with Crippen LogP contribution in [-0.4, -0.2) is 35.0 Å². The molecule has 0 fully saturated rings. The van der Waals surface area contributed by atoms with Crippen molar-refractivity contribution < 1.29 is 9.32 Å². The highest BCUT2D eigenvalue weighted by Crippen LogP contribution is 2.21. The Balaban J connectivity index is 1.76. The number of amides is 1. The number of anilines is 1. The van der Waals surface area contributed by atoms with Gasteiger partial charge in [0.2, 0.25) is 11.7 Å². The minimum absolute atomic E-state index is 0.0609. The van der Waals surface area contributed by atoms with Crippen molar-refractivity contribution in [3.05, 3.63) is 65.5 Å². The Morgan fingerprint density at radius 2 is 1.84 bits per heavy atom. The predicted molar refractivity (Wildman–Crippen MR) is 96.3 cm³/mol. The fourth-order valence-electron chi connectivity index (χ4n) is 2.50. The van der Waals surface area contributed by atoms with Gasteiger partial charge in [-0.05, 0) is 24.6 Å². The highest BCUT2D eigenvalue weighted by atomic mass is 16.5. The molecule has 0 saturated carbocycles. The molecule has 0 spiro atoms. The Bertz CT molecular complexity index is 886. The molecule has 6 heteroatoms. The fraction of sp³-hybridized carbons (Fsp3) is 0.211. The van der Waals surface area contributed by atoms with Crippen LogP contribution in [0.25, 0.3) is 11.4 Å². The SMILES string of the molecule is Cc1ccccc1-c1noc(CNc2ccccc2C(=O)N(C)C)n1. The first-order valence-electron chi connectivity index (χ1n) is 7.99. The van der Waals surface area contributed by atoms with E-state index in [1.54, 1.807) is 25.1 Å². The zero-order chi connectivity index (χ0) is 17.8. The van der Waals surface area contributed by atoms with Crippen molar-refractivity contribution in [1.29, 1.82) is 0 Å². The summed E-state index contributed by atoms with van der Waals surface area (Å²) in [7, 11) is 3.46. The van der Waals surface area contributed by atoms with Gasteiger partial charge in [-0.15, -0.1) is 0 Å². The van der Waals surface area contributed by atoms with E-state index >= 15 is 0 Å². The van der Waals surface area contributed by atoms with Gasteiger partial charge in [-0.2, -0.15) is 4.98 Å². The molecule has 0 radical (unpaired) electrons. The minimum atomic E-state index is -0.0609. The molecule has 25 heavy (non-hydrogen) atoms. The number of nitrogens with zero attached hydrogens (tertiary/aromatic N) is 3.